The Labute approximate surface area is 255 Å². The van der Waals surface area contributed by atoms with Crippen LogP contribution in [0, 0.1) is 11.3 Å². The van der Waals surface area contributed by atoms with Crippen molar-refractivity contribution in [1.82, 2.24) is 24.9 Å². The summed E-state index contributed by atoms with van der Waals surface area (Å²) < 4.78 is 0. The molecular formula is C33H59N5O4. The molecule has 0 saturated carbocycles. The SMILES string of the molecule is CCCN(C)C(=O)[C@@H]1CCCN1C(=O)/C(C)=C/[C@H](C(C)C)N(C)C(=O)[C@@H](NC(=O)[C@H]1CCCCN1C(C)C)C(C)(C)C. The van der Waals surface area contributed by atoms with Crippen molar-refractivity contribution in [3.63, 3.8) is 0 Å². The van der Waals surface area contributed by atoms with E-state index in [1.165, 1.54) is 0 Å². The molecule has 2 fully saturated rings. The third kappa shape index (κ3) is 8.80. The number of carbonyl (C=O) groups is 4. The van der Waals surface area contributed by atoms with Gasteiger partial charge in [0.1, 0.15) is 12.1 Å². The lowest BCUT2D eigenvalue weighted by atomic mass is 9.84. The monoisotopic (exact) mass is 589 g/mol. The molecule has 1 N–H and O–H groups in total. The first kappa shape index (κ1) is 35.8. The van der Waals surface area contributed by atoms with Crippen molar-refractivity contribution >= 4 is 23.6 Å². The molecule has 42 heavy (non-hydrogen) atoms. The molecule has 0 spiro atoms. The van der Waals surface area contributed by atoms with E-state index in [1.54, 1.807) is 35.7 Å². The highest BCUT2D eigenvalue weighted by molar-refractivity contribution is 5.97. The highest BCUT2D eigenvalue weighted by Crippen LogP contribution is 2.27. The van der Waals surface area contributed by atoms with E-state index < -0.39 is 17.5 Å². The Morgan fingerprint density at radius 2 is 1.57 bits per heavy atom. The van der Waals surface area contributed by atoms with Gasteiger partial charge in [0, 0.05) is 38.8 Å². The lowest BCUT2D eigenvalue weighted by Gasteiger charge is -2.41. The first-order valence-corrected chi connectivity index (χ1v) is 16.1. The van der Waals surface area contributed by atoms with Crippen molar-refractivity contribution in [3.05, 3.63) is 11.6 Å². The molecule has 0 radical (unpaired) electrons. The Kier molecular flexibility index (Phi) is 13.1. The van der Waals surface area contributed by atoms with Crippen LogP contribution in [0.2, 0.25) is 0 Å². The molecule has 4 amide bonds. The van der Waals surface area contributed by atoms with E-state index in [1.807, 2.05) is 47.6 Å². The summed E-state index contributed by atoms with van der Waals surface area (Å²) in [6.45, 7) is 20.1. The number of likely N-dealkylation sites (N-methyl/N-ethyl adjacent to an activating group) is 2. The molecule has 0 aromatic carbocycles. The number of hydrogen-bond donors (Lipinski definition) is 1. The normalized spacial score (nSPS) is 21.8. The van der Waals surface area contributed by atoms with Crippen LogP contribution in [0.3, 0.4) is 0 Å². The van der Waals surface area contributed by atoms with Crippen LogP contribution in [-0.4, -0.2) is 107 Å². The smallest absolute Gasteiger partial charge is 0.249 e. The summed E-state index contributed by atoms with van der Waals surface area (Å²) in [4.78, 5) is 61.6. The Morgan fingerprint density at radius 1 is 0.952 bits per heavy atom. The lowest BCUT2D eigenvalue weighted by molar-refractivity contribution is -0.142. The molecule has 2 heterocycles. The topological polar surface area (TPSA) is 93.3 Å². The predicted octanol–water partition coefficient (Wildman–Crippen LogP) is 4.07. The minimum absolute atomic E-state index is 0.0130. The fraction of sp³-hybridized carbons (Fsp3) is 0.818. The third-order valence-corrected chi connectivity index (χ3v) is 8.88. The number of amides is 4. The molecule has 0 bridgehead atoms. The molecule has 9 heteroatoms. The summed E-state index contributed by atoms with van der Waals surface area (Å²) in [6.07, 6.45) is 7.06. The van der Waals surface area contributed by atoms with Crippen molar-refractivity contribution in [2.45, 2.75) is 131 Å². The molecule has 2 saturated heterocycles. The highest BCUT2D eigenvalue weighted by Gasteiger charge is 2.40. The fourth-order valence-corrected chi connectivity index (χ4v) is 6.36. The average molecular weight is 590 g/mol. The van der Waals surface area contributed by atoms with Crippen LogP contribution in [0.4, 0.5) is 0 Å². The number of hydrogen-bond acceptors (Lipinski definition) is 5. The number of piperidine rings is 1. The predicted molar refractivity (Wildman–Crippen MR) is 169 cm³/mol. The molecule has 0 aliphatic carbocycles. The van der Waals surface area contributed by atoms with Crippen molar-refractivity contribution in [2.75, 3.05) is 33.7 Å². The molecule has 2 aliphatic rings. The van der Waals surface area contributed by atoms with E-state index in [4.69, 9.17) is 0 Å². The standard InChI is InChI=1S/C33H59N5O4/c1-12-18-35(10)31(41)26-17-15-20-38(26)30(40)24(6)21-27(22(2)3)36(11)32(42)28(33(7,8)9)34-29(39)25-16-13-14-19-37(25)23(4)5/h21-23,25-28H,12-20H2,1-11H3,(H,34,39)/b24-21+/t25-,26+,27-,28-/m1/s1. The van der Waals surface area contributed by atoms with E-state index in [9.17, 15) is 19.2 Å². The van der Waals surface area contributed by atoms with Crippen molar-refractivity contribution in [2.24, 2.45) is 11.3 Å². The Hall–Kier alpha value is -2.42. The largest absolute Gasteiger partial charge is 0.344 e. The molecule has 0 unspecified atom stereocenters. The van der Waals surface area contributed by atoms with Crippen LogP contribution in [-0.2, 0) is 19.2 Å². The molecule has 4 atom stereocenters. The van der Waals surface area contributed by atoms with Crippen molar-refractivity contribution in [1.29, 1.82) is 0 Å². The molecule has 0 aromatic rings. The number of nitrogens with zero attached hydrogens (tertiary/aromatic N) is 4. The lowest BCUT2D eigenvalue weighted by Crippen LogP contribution is -2.60. The molecule has 240 valence electrons. The summed E-state index contributed by atoms with van der Waals surface area (Å²) in [5, 5.41) is 3.14. The average Bonchev–Trinajstić information content (AvgIpc) is 3.41. The second-order valence-electron chi connectivity index (χ2n) is 14.1. The van der Waals surface area contributed by atoms with Gasteiger partial charge in [-0.05, 0) is 70.8 Å². The first-order valence-electron chi connectivity index (χ1n) is 16.1. The van der Waals surface area contributed by atoms with Gasteiger partial charge in [-0.3, -0.25) is 24.1 Å². The van der Waals surface area contributed by atoms with Gasteiger partial charge >= 0.3 is 0 Å². The maximum absolute atomic E-state index is 14.1. The van der Waals surface area contributed by atoms with Gasteiger partial charge in [0.15, 0.2) is 0 Å². The van der Waals surface area contributed by atoms with Crippen LogP contribution >= 0.6 is 0 Å². The summed E-state index contributed by atoms with van der Waals surface area (Å²) in [5.41, 5.74) is 0.0135. The number of carbonyl (C=O) groups excluding carboxylic acids is 4. The van der Waals surface area contributed by atoms with Gasteiger partial charge in [-0.25, -0.2) is 0 Å². The van der Waals surface area contributed by atoms with E-state index in [2.05, 4.69) is 24.1 Å². The van der Waals surface area contributed by atoms with E-state index >= 15 is 0 Å². The number of rotatable bonds is 11. The Morgan fingerprint density at radius 3 is 2.12 bits per heavy atom. The van der Waals surface area contributed by atoms with Crippen molar-refractivity contribution < 1.29 is 19.2 Å². The maximum atomic E-state index is 14.1. The van der Waals surface area contributed by atoms with Crippen LogP contribution in [0.5, 0.6) is 0 Å². The zero-order chi connectivity index (χ0) is 31.9. The Bertz CT molecular complexity index is 985. The van der Waals surface area contributed by atoms with Crippen molar-refractivity contribution in [3.8, 4) is 0 Å². The summed E-state index contributed by atoms with van der Waals surface area (Å²) in [5.74, 6) is -0.409. The summed E-state index contributed by atoms with van der Waals surface area (Å²) in [7, 11) is 3.55. The number of likely N-dealkylation sites (tertiary alicyclic amines) is 2. The van der Waals surface area contributed by atoms with Crippen LogP contribution in [0.15, 0.2) is 11.6 Å². The fourth-order valence-electron chi connectivity index (χ4n) is 6.36. The number of nitrogens with one attached hydrogen (secondary N) is 1. The van der Waals surface area contributed by atoms with Crippen LogP contribution in [0.25, 0.3) is 0 Å². The minimum atomic E-state index is -0.716. The van der Waals surface area contributed by atoms with Gasteiger partial charge < -0.3 is 20.0 Å². The van der Waals surface area contributed by atoms with Gasteiger partial charge in [-0.15, -0.1) is 0 Å². The van der Waals surface area contributed by atoms with Gasteiger partial charge in [0.2, 0.25) is 23.6 Å². The zero-order valence-electron chi connectivity index (χ0n) is 28.3. The van der Waals surface area contributed by atoms with Gasteiger partial charge in [0.25, 0.3) is 0 Å². The van der Waals surface area contributed by atoms with Gasteiger partial charge in [-0.1, -0.05) is 54.0 Å². The molecule has 2 aliphatic heterocycles. The molecular weight excluding hydrogens is 530 g/mol. The van der Waals surface area contributed by atoms with E-state index in [0.29, 0.717) is 25.1 Å². The summed E-state index contributed by atoms with van der Waals surface area (Å²) in [6, 6.07) is -1.51. The second kappa shape index (κ2) is 15.3. The maximum Gasteiger partial charge on any atom is 0.249 e. The second-order valence-corrected chi connectivity index (χ2v) is 14.1. The van der Waals surface area contributed by atoms with E-state index in [-0.39, 0.29) is 47.7 Å². The minimum Gasteiger partial charge on any atom is -0.344 e. The van der Waals surface area contributed by atoms with Crippen LogP contribution < -0.4 is 5.32 Å². The summed E-state index contributed by atoms with van der Waals surface area (Å²) >= 11 is 0. The van der Waals surface area contributed by atoms with Gasteiger partial charge in [-0.2, -0.15) is 0 Å². The first-order chi connectivity index (χ1) is 19.5. The third-order valence-electron chi connectivity index (χ3n) is 8.88. The molecule has 2 rings (SSSR count). The highest BCUT2D eigenvalue weighted by atomic mass is 16.2. The zero-order valence-corrected chi connectivity index (χ0v) is 28.3. The quantitative estimate of drug-likeness (QED) is 0.367. The van der Waals surface area contributed by atoms with E-state index in [0.717, 1.165) is 38.6 Å². The molecule has 0 aromatic heterocycles. The van der Waals surface area contributed by atoms with Gasteiger partial charge in [0.05, 0.1) is 12.1 Å². The Balaban J connectivity index is 2.27. The van der Waals surface area contributed by atoms with Crippen LogP contribution in [0.1, 0.15) is 101 Å². The molecule has 9 nitrogen and oxygen atoms in total.